The number of nitrogens with zero attached hydrogens (tertiary/aromatic N) is 3. The molecule has 0 atom stereocenters. The van der Waals surface area contributed by atoms with Gasteiger partial charge in [0.1, 0.15) is 0 Å². The van der Waals surface area contributed by atoms with Crippen LogP contribution in [0.15, 0.2) is 33.2 Å². The first-order valence-electron chi connectivity index (χ1n) is 5.15. The van der Waals surface area contributed by atoms with Gasteiger partial charge in [-0.3, -0.25) is 10.1 Å². The molecule has 102 valence electrons. The van der Waals surface area contributed by atoms with Gasteiger partial charge in [0.2, 0.25) is 11.8 Å². The van der Waals surface area contributed by atoms with E-state index in [0.717, 1.165) is 12.2 Å². The van der Waals surface area contributed by atoms with E-state index in [0.29, 0.717) is 10.0 Å². The van der Waals surface area contributed by atoms with Gasteiger partial charge in [-0.1, -0.05) is 15.9 Å². The monoisotopic (exact) mass is 339 g/mol. The molecule has 20 heavy (non-hydrogen) atoms. The zero-order valence-corrected chi connectivity index (χ0v) is 11.3. The molecule has 1 aromatic carbocycles. The second-order valence-electron chi connectivity index (χ2n) is 3.57. The third kappa shape index (κ3) is 3.26. The molecule has 0 aliphatic heterocycles. The molecule has 0 spiro atoms. The van der Waals surface area contributed by atoms with Crippen molar-refractivity contribution in [3.05, 3.63) is 44.8 Å². The Morgan fingerprint density at radius 2 is 2.15 bits per heavy atom. The Balaban J connectivity index is 2.37. The summed E-state index contributed by atoms with van der Waals surface area (Å²) in [6.45, 7) is 0. The summed E-state index contributed by atoms with van der Waals surface area (Å²) in [5.41, 5.74) is 0.226. The van der Waals surface area contributed by atoms with Gasteiger partial charge in [0.05, 0.1) is 4.92 Å². The molecule has 1 heterocycles. The minimum Gasteiger partial charge on any atom is -0.478 e. The number of halogens is 1. The molecule has 0 aliphatic carbocycles. The van der Waals surface area contributed by atoms with E-state index < -0.39 is 10.9 Å². The molecule has 2 rings (SSSR count). The van der Waals surface area contributed by atoms with E-state index in [1.165, 1.54) is 12.1 Å². The molecule has 0 aliphatic rings. The van der Waals surface area contributed by atoms with Gasteiger partial charge in [-0.2, -0.15) is 0 Å². The predicted octanol–water partition coefficient (Wildman–Crippen LogP) is 2.51. The number of nitro groups is 1. The van der Waals surface area contributed by atoms with Crippen molar-refractivity contribution in [3.63, 3.8) is 0 Å². The fraction of sp³-hybridized carbons (Fsp3) is 0. The van der Waals surface area contributed by atoms with Gasteiger partial charge >= 0.3 is 5.97 Å². The highest BCUT2D eigenvalue weighted by Gasteiger charge is 2.14. The lowest BCUT2D eigenvalue weighted by Gasteiger charge is -1.97. The Bertz CT molecular complexity index is 710. The van der Waals surface area contributed by atoms with Crippen LogP contribution in [0.4, 0.5) is 5.69 Å². The number of non-ortho nitro benzene ring substituents is 1. The van der Waals surface area contributed by atoms with E-state index in [1.54, 1.807) is 6.07 Å². The number of nitro benzene ring substituents is 1. The lowest BCUT2D eigenvalue weighted by molar-refractivity contribution is -0.384. The molecule has 0 bridgehead atoms. The van der Waals surface area contributed by atoms with Crippen LogP contribution in [0.3, 0.4) is 0 Å². The number of rotatable bonds is 4. The molecule has 1 aromatic heterocycles. The maximum Gasteiger partial charge on any atom is 0.328 e. The van der Waals surface area contributed by atoms with Gasteiger partial charge < -0.3 is 9.52 Å². The van der Waals surface area contributed by atoms with Crippen molar-refractivity contribution in [2.24, 2.45) is 0 Å². The minimum absolute atomic E-state index is 0.00923. The number of aliphatic carboxylic acids is 1. The van der Waals surface area contributed by atoms with Gasteiger partial charge in [-0.15, -0.1) is 10.2 Å². The van der Waals surface area contributed by atoms with Crippen molar-refractivity contribution < 1.29 is 19.2 Å². The number of carboxylic acids is 1. The third-order valence-corrected chi connectivity index (χ3v) is 2.61. The smallest absolute Gasteiger partial charge is 0.328 e. The molecule has 8 nitrogen and oxygen atoms in total. The summed E-state index contributed by atoms with van der Waals surface area (Å²) in [4.78, 5) is 20.6. The molecular formula is C11H6BrN3O5. The van der Waals surface area contributed by atoms with E-state index in [9.17, 15) is 14.9 Å². The van der Waals surface area contributed by atoms with Crippen LogP contribution >= 0.6 is 15.9 Å². The summed E-state index contributed by atoms with van der Waals surface area (Å²) in [7, 11) is 0. The first-order valence-corrected chi connectivity index (χ1v) is 5.95. The van der Waals surface area contributed by atoms with Gasteiger partial charge in [0, 0.05) is 34.3 Å². The van der Waals surface area contributed by atoms with Crippen molar-refractivity contribution in [3.8, 4) is 11.5 Å². The van der Waals surface area contributed by atoms with Crippen LogP contribution in [-0.4, -0.2) is 26.2 Å². The topological polar surface area (TPSA) is 119 Å². The van der Waals surface area contributed by atoms with Crippen molar-refractivity contribution in [1.29, 1.82) is 0 Å². The van der Waals surface area contributed by atoms with Crippen LogP contribution in [0.5, 0.6) is 0 Å². The van der Waals surface area contributed by atoms with Crippen molar-refractivity contribution in [2.75, 3.05) is 0 Å². The zero-order valence-electron chi connectivity index (χ0n) is 9.69. The second kappa shape index (κ2) is 5.61. The number of carbonyl (C=O) groups is 1. The number of benzene rings is 1. The summed E-state index contributed by atoms with van der Waals surface area (Å²) in [6.07, 6.45) is 1.98. The summed E-state index contributed by atoms with van der Waals surface area (Å²) < 4.78 is 5.68. The second-order valence-corrected chi connectivity index (χ2v) is 4.49. The number of aromatic nitrogens is 2. The van der Waals surface area contributed by atoms with Gasteiger partial charge in [-0.05, 0) is 6.07 Å². The highest BCUT2D eigenvalue weighted by atomic mass is 79.9. The molecule has 0 saturated heterocycles. The lowest BCUT2D eigenvalue weighted by Crippen LogP contribution is -1.89. The summed E-state index contributed by atoms with van der Waals surface area (Å²) >= 11 is 3.15. The Morgan fingerprint density at radius 3 is 2.80 bits per heavy atom. The first kappa shape index (κ1) is 13.9. The van der Waals surface area contributed by atoms with Crippen molar-refractivity contribution in [2.45, 2.75) is 0 Å². The van der Waals surface area contributed by atoms with Crippen LogP contribution in [-0.2, 0) is 4.79 Å². The Morgan fingerprint density at radius 1 is 1.40 bits per heavy atom. The summed E-state index contributed by atoms with van der Waals surface area (Å²) in [6, 6.07) is 4.19. The van der Waals surface area contributed by atoms with Crippen LogP contribution in [0, 0.1) is 10.1 Å². The first-order chi connectivity index (χ1) is 9.45. The maximum absolute atomic E-state index is 10.8. The third-order valence-electron chi connectivity index (χ3n) is 2.15. The van der Waals surface area contributed by atoms with Crippen molar-refractivity contribution >= 4 is 33.7 Å². The molecule has 0 unspecified atom stereocenters. The summed E-state index contributed by atoms with van der Waals surface area (Å²) in [5, 5.41) is 26.6. The van der Waals surface area contributed by atoms with Gasteiger partial charge in [0.25, 0.3) is 5.69 Å². The van der Waals surface area contributed by atoms with E-state index in [2.05, 4.69) is 26.1 Å². The molecule has 0 amide bonds. The molecule has 9 heteroatoms. The van der Waals surface area contributed by atoms with E-state index >= 15 is 0 Å². The van der Waals surface area contributed by atoms with Gasteiger partial charge in [-0.25, -0.2) is 4.79 Å². The average molecular weight is 340 g/mol. The van der Waals surface area contributed by atoms with Crippen LogP contribution in [0.25, 0.3) is 17.5 Å². The maximum atomic E-state index is 10.8. The molecular weight excluding hydrogens is 334 g/mol. The van der Waals surface area contributed by atoms with E-state index in [1.807, 2.05) is 0 Å². The van der Waals surface area contributed by atoms with Gasteiger partial charge in [0.15, 0.2) is 0 Å². The quantitative estimate of drug-likeness (QED) is 0.516. The lowest BCUT2D eigenvalue weighted by atomic mass is 10.2. The molecule has 0 saturated carbocycles. The molecule has 2 aromatic rings. The Hall–Kier alpha value is -2.55. The van der Waals surface area contributed by atoms with Crippen molar-refractivity contribution in [1.82, 2.24) is 10.2 Å². The van der Waals surface area contributed by atoms with Crippen LogP contribution in [0.2, 0.25) is 0 Å². The molecule has 1 N–H and O–H groups in total. The number of hydrogen-bond donors (Lipinski definition) is 1. The van der Waals surface area contributed by atoms with E-state index in [-0.39, 0.29) is 17.5 Å². The standard InChI is InChI=1S/C11H6BrN3O5/c12-7-3-6(4-8(5-7)15(18)19)11-14-13-9(20-11)1-2-10(16)17/h1-5H,(H,16,17)/b2-1+. The molecule has 0 radical (unpaired) electrons. The minimum atomic E-state index is -1.15. The predicted molar refractivity (Wildman–Crippen MR) is 70.8 cm³/mol. The zero-order chi connectivity index (χ0) is 14.7. The fourth-order valence-corrected chi connectivity index (χ4v) is 1.85. The SMILES string of the molecule is O=C(O)/C=C/c1nnc(-c2cc(Br)cc([N+](=O)[O-])c2)o1. The Labute approximate surface area is 120 Å². The van der Waals surface area contributed by atoms with E-state index in [4.69, 9.17) is 9.52 Å². The van der Waals surface area contributed by atoms with Crippen LogP contribution < -0.4 is 0 Å². The Kier molecular flexibility index (Phi) is 3.89. The summed E-state index contributed by atoms with van der Waals surface area (Å²) in [5.74, 6) is -1.10. The van der Waals surface area contributed by atoms with Crippen LogP contribution in [0.1, 0.15) is 5.89 Å². The number of carboxylic acid groups (broad SMARTS) is 1. The largest absolute Gasteiger partial charge is 0.478 e. The number of hydrogen-bond acceptors (Lipinski definition) is 6. The fourth-order valence-electron chi connectivity index (χ4n) is 1.36. The highest BCUT2D eigenvalue weighted by Crippen LogP contribution is 2.27. The molecule has 0 fully saturated rings. The normalized spacial score (nSPS) is 10.8. The average Bonchev–Trinajstić information content (AvgIpc) is 2.84. The highest BCUT2D eigenvalue weighted by molar-refractivity contribution is 9.10.